The Hall–Kier alpha value is -0.740. The molecule has 0 radical (unpaired) electrons. The van der Waals surface area contributed by atoms with Crippen molar-refractivity contribution in [2.24, 2.45) is 5.73 Å². The zero-order valence-corrected chi connectivity index (χ0v) is 6.34. The van der Waals surface area contributed by atoms with Crippen LogP contribution in [0, 0.1) is 0 Å². The van der Waals surface area contributed by atoms with Crippen LogP contribution in [0.1, 0.15) is 18.2 Å². The van der Waals surface area contributed by atoms with Crippen LogP contribution in [0.25, 0.3) is 0 Å². The van der Waals surface area contributed by atoms with Crippen molar-refractivity contribution in [1.82, 2.24) is 8.75 Å². The minimum absolute atomic E-state index is 0.0313. The van der Waals surface area contributed by atoms with Crippen molar-refractivity contribution >= 4 is 11.7 Å². The number of hydrogen-bond acceptors (Lipinski definition) is 4. The molecule has 3 nitrogen and oxygen atoms in total. The molecule has 0 amide bonds. The number of nitrogens with zero attached hydrogens (tertiary/aromatic N) is 2. The third kappa shape index (κ3) is 1.62. The SMILES string of the molecule is C=CCC(N)c1cnsn1. The molecule has 10 heavy (non-hydrogen) atoms. The Morgan fingerprint density at radius 2 is 2.70 bits per heavy atom. The fourth-order valence-corrected chi connectivity index (χ4v) is 1.11. The van der Waals surface area contributed by atoms with Crippen LogP contribution in [-0.4, -0.2) is 8.75 Å². The summed E-state index contributed by atoms with van der Waals surface area (Å²) >= 11 is 1.18. The molecule has 0 spiro atoms. The molecule has 1 atom stereocenters. The van der Waals surface area contributed by atoms with Gasteiger partial charge in [-0.2, -0.15) is 8.75 Å². The largest absolute Gasteiger partial charge is 0.322 e. The van der Waals surface area contributed by atoms with Gasteiger partial charge in [0.1, 0.15) is 0 Å². The first-order valence-corrected chi connectivity index (χ1v) is 3.71. The van der Waals surface area contributed by atoms with Gasteiger partial charge in [-0.1, -0.05) is 6.08 Å². The third-order valence-electron chi connectivity index (χ3n) is 1.18. The molecule has 0 aromatic carbocycles. The highest BCUT2D eigenvalue weighted by molar-refractivity contribution is 6.99. The lowest BCUT2D eigenvalue weighted by atomic mass is 10.2. The van der Waals surface area contributed by atoms with Crippen molar-refractivity contribution < 1.29 is 0 Å². The smallest absolute Gasteiger partial charge is 0.0913 e. The second kappa shape index (κ2) is 3.43. The van der Waals surface area contributed by atoms with Gasteiger partial charge in [-0.05, 0) is 6.42 Å². The molecule has 0 saturated carbocycles. The average Bonchev–Trinajstić information content (AvgIpc) is 2.38. The van der Waals surface area contributed by atoms with Gasteiger partial charge in [-0.3, -0.25) is 0 Å². The molecular weight excluding hydrogens is 146 g/mol. The van der Waals surface area contributed by atoms with Crippen LogP contribution in [0.4, 0.5) is 0 Å². The van der Waals surface area contributed by atoms with Gasteiger partial charge in [0.2, 0.25) is 0 Å². The molecule has 4 heteroatoms. The zero-order chi connectivity index (χ0) is 7.40. The first-order chi connectivity index (χ1) is 4.84. The fraction of sp³-hybridized carbons (Fsp3) is 0.333. The van der Waals surface area contributed by atoms with Crippen molar-refractivity contribution in [3.8, 4) is 0 Å². The van der Waals surface area contributed by atoms with Gasteiger partial charge in [0, 0.05) is 0 Å². The monoisotopic (exact) mass is 155 g/mol. The molecule has 0 aliphatic rings. The second-order valence-corrected chi connectivity index (χ2v) is 2.52. The van der Waals surface area contributed by atoms with Crippen LogP contribution in [0.15, 0.2) is 18.9 Å². The Morgan fingerprint density at radius 1 is 1.90 bits per heavy atom. The summed E-state index contributed by atoms with van der Waals surface area (Å²) in [7, 11) is 0. The Morgan fingerprint density at radius 3 is 3.20 bits per heavy atom. The summed E-state index contributed by atoms with van der Waals surface area (Å²) in [6.45, 7) is 3.59. The topological polar surface area (TPSA) is 51.8 Å². The van der Waals surface area contributed by atoms with Crippen molar-refractivity contribution in [1.29, 1.82) is 0 Å². The fourth-order valence-electron chi connectivity index (χ4n) is 0.636. The Kier molecular flexibility index (Phi) is 2.53. The molecule has 2 N–H and O–H groups in total. The predicted octanol–water partition coefficient (Wildman–Crippen LogP) is 1.11. The van der Waals surface area contributed by atoms with E-state index >= 15 is 0 Å². The molecule has 1 aromatic heterocycles. The summed E-state index contributed by atoms with van der Waals surface area (Å²) in [4.78, 5) is 0. The van der Waals surface area contributed by atoms with E-state index in [0.717, 1.165) is 12.1 Å². The summed E-state index contributed by atoms with van der Waals surface area (Å²) < 4.78 is 7.83. The van der Waals surface area contributed by atoms with Crippen molar-refractivity contribution in [3.05, 3.63) is 24.5 Å². The van der Waals surface area contributed by atoms with E-state index in [1.165, 1.54) is 11.7 Å². The van der Waals surface area contributed by atoms with Gasteiger partial charge in [0.25, 0.3) is 0 Å². The number of aromatic nitrogens is 2. The summed E-state index contributed by atoms with van der Waals surface area (Å²) in [6.07, 6.45) is 4.23. The molecule has 1 aromatic rings. The van der Waals surface area contributed by atoms with Gasteiger partial charge in [0.15, 0.2) is 0 Å². The molecule has 0 bridgehead atoms. The van der Waals surface area contributed by atoms with Crippen molar-refractivity contribution in [2.45, 2.75) is 12.5 Å². The van der Waals surface area contributed by atoms with E-state index in [9.17, 15) is 0 Å². The molecule has 1 unspecified atom stereocenters. The van der Waals surface area contributed by atoms with E-state index in [4.69, 9.17) is 5.73 Å². The molecule has 0 aliphatic carbocycles. The van der Waals surface area contributed by atoms with Crippen molar-refractivity contribution in [3.63, 3.8) is 0 Å². The van der Waals surface area contributed by atoms with Gasteiger partial charge in [-0.25, -0.2) is 0 Å². The number of rotatable bonds is 3. The average molecular weight is 155 g/mol. The Balaban J connectivity index is 2.58. The summed E-state index contributed by atoms with van der Waals surface area (Å²) in [6, 6.07) is -0.0313. The lowest BCUT2D eigenvalue weighted by Crippen LogP contribution is -2.08. The molecule has 54 valence electrons. The van der Waals surface area contributed by atoms with E-state index in [1.54, 1.807) is 12.3 Å². The van der Waals surface area contributed by atoms with Gasteiger partial charge >= 0.3 is 0 Å². The highest BCUT2D eigenvalue weighted by atomic mass is 32.1. The first kappa shape index (κ1) is 7.37. The molecule has 1 rings (SSSR count). The standard InChI is InChI=1S/C6H9N3S/c1-2-3-5(7)6-4-8-10-9-6/h2,4-5H,1,3,7H2. The van der Waals surface area contributed by atoms with Crippen molar-refractivity contribution in [2.75, 3.05) is 0 Å². The Bertz CT molecular complexity index is 195. The van der Waals surface area contributed by atoms with E-state index < -0.39 is 0 Å². The maximum absolute atomic E-state index is 5.68. The first-order valence-electron chi connectivity index (χ1n) is 2.98. The lowest BCUT2D eigenvalue weighted by molar-refractivity contribution is 0.723. The maximum atomic E-state index is 5.68. The molecular formula is C6H9N3S. The molecule has 0 fully saturated rings. The van der Waals surface area contributed by atoms with Gasteiger partial charge < -0.3 is 5.73 Å². The van der Waals surface area contributed by atoms with Crippen LogP contribution in [0.3, 0.4) is 0 Å². The number of nitrogens with two attached hydrogens (primary N) is 1. The molecule has 0 saturated heterocycles. The number of hydrogen-bond donors (Lipinski definition) is 1. The summed E-state index contributed by atoms with van der Waals surface area (Å²) in [5.74, 6) is 0. The van der Waals surface area contributed by atoms with Crippen LogP contribution < -0.4 is 5.73 Å². The predicted molar refractivity (Wildman–Crippen MR) is 41.7 cm³/mol. The van der Waals surface area contributed by atoms with Crippen LogP contribution in [0.2, 0.25) is 0 Å². The van der Waals surface area contributed by atoms with E-state index in [2.05, 4.69) is 15.3 Å². The minimum atomic E-state index is -0.0313. The van der Waals surface area contributed by atoms with E-state index in [1.807, 2.05) is 0 Å². The third-order valence-corrected chi connectivity index (χ3v) is 1.67. The van der Waals surface area contributed by atoms with Crippen LogP contribution in [0.5, 0.6) is 0 Å². The molecule has 0 aliphatic heterocycles. The van der Waals surface area contributed by atoms with Crippen LogP contribution in [-0.2, 0) is 0 Å². The lowest BCUT2D eigenvalue weighted by Gasteiger charge is -2.01. The van der Waals surface area contributed by atoms with E-state index in [-0.39, 0.29) is 6.04 Å². The Labute approximate surface area is 63.9 Å². The zero-order valence-electron chi connectivity index (χ0n) is 5.53. The summed E-state index contributed by atoms with van der Waals surface area (Å²) in [5.41, 5.74) is 6.53. The second-order valence-electron chi connectivity index (χ2n) is 1.96. The van der Waals surface area contributed by atoms with Crippen LogP contribution >= 0.6 is 11.7 Å². The highest BCUT2D eigenvalue weighted by Gasteiger charge is 2.05. The van der Waals surface area contributed by atoms with Gasteiger partial charge in [-0.15, -0.1) is 6.58 Å². The molecule has 1 heterocycles. The minimum Gasteiger partial charge on any atom is -0.322 e. The highest BCUT2D eigenvalue weighted by Crippen LogP contribution is 2.10. The maximum Gasteiger partial charge on any atom is 0.0913 e. The quantitative estimate of drug-likeness (QED) is 0.665. The normalized spacial score (nSPS) is 12.9. The summed E-state index contributed by atoms with van der Waals surface area (Å²) in [5, 5.41) is 0. The van der Waals surface area contributed by atoms with Gasteiger partial charge in [0.05, 0.1) is 29.7 Å². The van der Waals surface area contributed by atoms with E-state index in [0.29, 0.717) is 0 Å².